The summed E-state index contributed by atoms with van der Waals surface area (Å²) in [5.41, 5.74) is 2.13. The lowest BCUT2D eigenvalue weighted by Gasteiger charge is -2.00. The molecule has 1 heterocycles. The SMILES string of the molecule is O=C(O)C1CCc2c[nH]cc21. The molecule has 1 unspecified atom stereocenters. The predicted octanol–water partition coefficient (Wildman–Crippen LogP) is 1.13. The number of H-pyrrole nitrogens is 1. The van der Waals surface area contributed by atoms with Crippen molar-refractivity contribution in [1.82, 2.24) is 4.98 Å². The highest BCUT2D eigenvalue weighted by Gasteiger charge is 2.28. The maximum Gasteiger partial charge on any atom is 0.311 e. The molecule has 2 N–H and O–H groups in total. The van der Waals surface area contributed by atoms with Crippen LogP contribution in [-0.2, 0) is 11.2 Å². The smallest absolute Gasteiger partial charge is 0.311 e. The molecule has 0 saturated carbocycles. The fourth-order valence-corrected chi connectivity index (χ4v) is 1.66. The third kappa shape index (κ3) is 0.843. The van der Waals surface area contributed by atoms with Crippen LogP contribution < -0.4 is 0 Å². The van der Waals surface area contributed by atoms with Crippen LogP contribution in [0.15, 0.2) is 12.4 Å². The van der Waals surface area contributed by atoms with Crippen molar-refractivity contribution >= 4 is 5.97 Å². The van der Waals surface area contributed by atoms with Gasteiger partial charge in [0.2, 0.25) is 0 Å². The second-order valence-corrected chi connectivity index (χ2v) is 2.87. The van der Waals surface area contributed by atoms with Gasteiger partial charge in [-0.15, -0.1) is 0 Å². The number of rotatable bonds is 1. The van der Waals surface area contributed by atoms with Crippen molar-refractivity contribution in [2.45, 2.75) is 18.8 Å². The number of nitrogens with one attached hydrogen (secondary N) is 1. The number of aromatic amines is 1. The topological polar surface area (TPSA) is 53.1 Å². The number of fused-ring (bicyclic) bond motifs is 1. The van der Waals surface area contributed by atoms with Gasteiger partial charge in [0, 0.05) is 12.4 Å². The largest absolute Gasteiger partial charge is 0.481 e. The molecule has 11 heavy (non-hydrogen) atoms. The first kappa shape index (κ1) is 6.46. The van der Waals surface area contributed by atoms with Crippen LogP contribution in [0.5, 0.6) is 0 Å². The van der Waals surface area contributed by atoms with Gasteiger partial charge < -0.3 is 10.1 Å². The Balaban J connectivity index is 2.38. The van der Waals surface area contributed by atoms with Gasteiger partial charge in [-0.3, -0.25) is 4.79 Å². The van der Waals surface area contributed by atoms with E-state index in [1.165, 1.54) is 0 Å². The van der Waals surface area contributed by atoms with Gasteiger partial charge in [0.05, 0.1) is 5.92 Å². The highest BCUT2D eigenvalue weighted by Crippen LogP contribution is 2.32. The van der Waals surface area contributed by atoms with Crippen LogP contribution in [0.2, 0.25) is 0 Å². The minimum atomic E-state index is -0.705. The Bertz CT molecular complexity index is 290. The number of aryl methyl sites for hydroxylation is 1. The normalized spacial score (nSPS) is 21.6. The van der Waals surface area contributed by atoms with Gasteiger partial charge in [-0.2, -0.15) is 0 Å². The Morgan fingerprint density at radius 3 is 3.18 bits per heavy atom. The Labute approximate surface area is 64.1 Å². The number of carboxylic acids is 1. The van der Waals surface area contributed by atoms with E-state index in [0.717, 1.165) is 24.0 Å². The molecule has 0 bridgehead atoms. The lowest BCUT2D eigenvalue weighted by Crippen LogP contribution is -2.06. The molecule has 58 valence electrons. The standard InChI is InChI=1S/C8H9NO2/c10-8(11)6-2-1-5-3-9-4-7(5)6/h3-4,6,9H,1-2H2,(H,10,11). The van der Waals surface area contributed by atoms with Crippen LogP contribution >= 0.6 is 0 Å². The summed E-state index contributed by atoms with van der Waals surface area (Å²) in [7, 11) is 0. The summed E-state index contributed by atoms with van der Waals surface area (Å²) >= 11 is 0. The first-order valence-electron chi connectivity index (χ1n) is 3.67. The predicted molar refractivity (Wildman–Crippen MR) is 39.5 cm³/mol. The van der Waals surface area contributed by atoms with E-state index < -0.39 is 5.97 Å². The molecule has 1 atom stereocenters. The molecule has 2 rings (SSSR count). The molecule has 1 aromatic rings. The Kier molecular flexibility index (Phi) is 1.24. The van der Waals surface area contributed by atoms with E-state index >= 15 is 0 Å². The second-order valence-electron chi connectivity index (χ2n) is 2.87. The molecule has 0 saturated heterocycles. The van der Waals surface area contributed by atoms with E-state index in [-0.39, 0.29) is 5.92 Å². The van der Waals surface area contributed by atoms with Crippen molar-refractivity contribution in [3.8, 4) is 0 Å². The fraction of sp³-hybridized carbons (Fsp3) is 0.375. The number of aromatic nitrogens is 1. The molecule has 0 fully saturated rings. The van der Waals surface area contributed by atoms with Crippen molar-refractivity contribution in [1.29, 1.82) is 0 Å². The second kappa shape index (κ2) is 2.12. The van der Waals surface area contributed by atoms with E-state index in [9.17, 15) is 4.79 Å². The lowest BCUT2D eigenvalue weighted by atomic mass is 10.1. The maximum absolute atomic E-state index is 10.6. The molecular weight excluding hydrogens is 142 g/mol. The maximum atomic E-state index is 10.6. The summed E-state index contributed by atoms with van der Waals surface area (Å²) in [6, 6.07) is 0. The highest BCUT2D eigenvalue weighted by atomic mass is 16.4. The summed E-state index contributed by atoms with van der Waals surface area (Å²) in [6.07, 6.45) is 5.34. The number of carbonyl (C=O) groups is 1. The molecule has 0 spiro atoms. The van der Waals surface area contributed by atoms with Crippen molar-refractivity contribution in [3.05, 3.63) is 23.5 Å². The summed E-state index contributed by atoms with van der Waals surface area (Å²) in [4.78, 5) is 13.6. The molecule has 1 aliphatic rings. The summed E-state index contributed by atoms with van der Waals surface area (Å²) in [6.45, 7) is 0. The average molecular weight is 151 g/mol. The Morgan fingerprint density at radius 1 is 1.64 bits per heavy atom. The van der Waals surface area contributed by atoms with Crippen LogP contribution in [0.1, 0.15) is 23.5 Å². The van der Waals surface area contributed by atoms with Crippen LogP contribution in [0.4, 0.5) is 0 Å². The lowest BCUT2D eigenvalue weighted by molar-refractivity contribution is -0.138. The van der Waals surface area contributed by atoms with Crippen LogP contribution in [0.25, 0.3) is 0 Å². The van der Waals surface area contributed by atoms with Crippen molar-refractivity contribution in [3.63, 3.8) is 0 Å². The first-order valence-corrected chi connectivity index (χ1v) is 3.67. The van der Waals surface area contributed by atoms with E-state index in [1.807, 2.05) is 6.20 Å². The number of hydrogen-bond acceptors (Lipinski definition) is 1. The highest BCUT2D eigenvalue weighted by molar-refractivity contribution is 5.77. The zero-order valence-electron chi connectivity index (χ0n) is 6.00. The van der Waals surface area contributed by atoms with Gasteiger partial charge in [0.15, 0.2) is 0 Å². The van der Waals surface area contributed by atoms with E-state index in [2.05, 4.69) is 4.98 Å². The van der Waals surface area contributed by atoms with Gasteiger partial charge >= 0.3 is 5.97 Å². The van der Waals surface area contributed by atoms with Crippen LogP contribution in [0.3, 0.4) is 0 Å². The molecule has 0 aliphatic heterocycles. The minimum Gasteiger partial charge on any atom is -0.481 e. The molecule has 3 heteroatoms. The average Bonchev–Trinajstić information content (AvgIpc) is 2.41. The van der Waals surface area contributed by atoms with Crippen molar-refractivity contribution < 1.29 is 9.90 Å². The molecule has 0 aromatic carbocycles. The van der Waals surface area contributed by atoms with Crippen LogP contribution in [-0.4, -0.2) is 16.1 Å². The third-order valence-corrected chi connectivity index (χ3v) is 2.24. The zero-order valence-corrected chi connectivity index (χ0v) is 6.00. The van der Waals surface area contributed by atoms with Crippen molar-refractivity contribution in [2.24, 2.45) is 0 Å². The minimum absolute atomic E-state index is 0.267. The van der Waals surface area contributed by atoms with Gasteiger partial charge in [-0.1, -0.05) is 0 Å². The third-order valence-electron chi connectivity index (χ3n) is 2.24. The van der Waals surface area contributed by atoms with Crippen LogP contribution in [0, 0.1) is 0 Å². The van der Waals surface area contributed by atoms with Gasteiger partial charge in [-0.05, 0) is 24.0 Å². The van der Waals surface area contributed by atoms with Gasteiger partial charge in [0.1, 0.15) is 0 Å². The summed E-state index contributed by atoms with van der Waals surface area (Å²) in [5.74, 6) is -0.973. The monoisotopic (exact) mass is 151 g/mol. The van der Waals surface area contributed by atoms with Gasteiger partial charge in [-0.25, -0.2) is 0 Å². The molecule has 0 amide bonds. The summed E-state index contributed by atoms with van der Waals surface area (Å²) < 4.78 is 0. The van der Waals surface area contributed by atoms with Gasteiger partial charge in [0.25, 0.3) is 0 Å². The summed E-state index contributed by atoms with van der Waals surface area (Å²) in [5, 5.41) is 8.76. The molecule has 0 radical (unpaired) electrons. The first-order chi connectivity index (χ1) is 5.29. The molecule has 1 aliphatic carbocycles. The number of hydrogen-bond donors (Lipinski definition) is 2. The van der Waals surface area contributed by atoms with Crippen molar-refractivity contribution in [2.75, 3.05) is 0 Å². The number of aliphatic carboxylic acids is 1. The van der Waals surface area contributed by atoms with E-state index in [4.69, 9.17) is 5.11 Å². The molecule has 3 nitrogen and oxygen atoms in total. The molecular formula is C8H9NO2. The van der Waals surface area contributed by atoms with E-state index in [1.54, 1.807) is 6.20 Å². The zero-order chi connectivity index (χ0) is 7.84. The van der Waals surface area contributed by atoms with E-state index in [0.29, 0.717) is 0 Å². The number of carboxylic acid groups (broad SMARTS) is 1. The Hall–Kier alpha value is -1.25. The molecule has 1 aromatic heterocycles. The quantitative estimate of drug-likeness (QED) is 0.632. The Morgan fingerprint density at radius 2 is 2.45 bits per heavy atom. The fourth-order valence-electron chi connectivity index (χ4n) is 1.66.